The summed E-state index contributed by atoms with van der Waals surface area (Å²) in [5.74, 6) is 0.684. The van der Waals surface area contributed by atoms with Crippen LogP contribution in [0.15, 0.2) is 30.7 Å². The predicted octanol–water partition coefficient (Wildman–Crippen LogP) is 0.844. The highest BCUT2D eigenvalue weighted by molar-refractivity contribution is 5.42. The number of hydrogen-bond donors (Lipinski definition) is 2. The minimum Gasteiger partial charge on any atom is -0.396 e. The van der Waals surface area contributed by atoms with Crippen molar-refractivity contribution in [2.45, 2.75) is 6.54 Å². The highest BCUT2D eigenvalue weighted by atomic mass is 15.3. The van der Waals surface area contributed by atoms with E-state index in [1.807, 2.05) is 0 Å². The van der Waals surface area contributed by atoms with Crippen molar-refractivity contribution < 1.29 is 0 Å². The molecule has 0 fully saturated rings. The van der Waals surface area contributed by atoms with E-state index in [2.05, 4.69) is 21.5 Å². The first kappa shape index (κ1) is 11.0. The van der Waals surface area contributed by atoms with Gasteiger partial charge in [0.2, 0.25) is 0 Å². The maximum absolute atomic E-state index is 8.73. The number of pyridine rings is 1. The molecule has 17 heavy (non-hydrogen) atoms. The van der Waals surface area contributed by atoms with Crippen LogP contribution in [-0.2, 0) is 6.54 Å². The maximum atomic E-state index is 8.73. The lowest BCUT2D eigenvalue weighted by Gasteiger charge is -2.05. The molecule has 6 nitrogen and oxygen atoms in total. The van der Waals surface area contributed by atoms with Crippen LogP contribution in [0.25, 0.3) is 0 Å². The second kappa shape index (κ2) is 4.99. The molecule has 2 aromatic rings. The average Bonchev–Trinajstić information content (AvgIpc) is 2.75. The van der Waals surface area contributed by atoms with Crippen molar-refractivity contribution in [1.29, 1.82) is 5.26 Å². The number of nitriles is 1. The highest BCUT2D eigenvalue weighted by Crippen LogP contribution is 2.05. The first-order valence-electron chi connectivity index (χ1n) is 5.16. The zero-order chi connectivity index (χ0) is 12.1. The molecule has 0 atom stereocenters. The normalized spacial score (nSPS) is 9.82. The van der Waals surface area contributed by atoms with Crippen molar-refractivity contribution in [3.8, 4) is 6.07 Å². The van der Waals surface area contributed by atoms with Gasteiger partial charge >= 0.3 is 0 Å². The van der Waals surface area contributed by atoms with Crippen LogP contribution in [0.2, 0.25) is 0 Å². The second-order valence-corrected chi connectivity index (χ2v) is 3.51. The summed E-state index contributed by atoms with van der Waals surface area (Å²) >= 11 is 0. The van der Waals surface area contributed by atoms with Gasteiger partial charge in [0.15, 0.2) is 0 Å². The molecular formula is C11H12N6. The lowest BCUT2D eigenvalue weighted by molar-refractivity contribution is 0.637. The van der Waals surface area contributed by atoms with E-state index in [4.69, 9.17) is 11.0 Å². The Hall–Kier alpha value is -2.55. The number of nitrogens with one attached hydrogen (secondary N) is 1. The van der Waals surface area contributed by atoms with Crippen LogP contribution >= 0.6 is 0 Å². The molecule has 2 rings (SSSR count). The zero-order valence-electron chi connectivity index (χ0n) is 9.17. The number of nitrogens with zero attached hydrogens (tertiary/aromatic N) is 4. The quantitative estimate of drug-likeness (QED) is 0.809. The van der Waals surface area contributed by atoms with Crippen molar-refractivity contribution in [2.75, 3.05) is 17.6 Å². The fourth-order valence-electron chi connectivity index (χ4n) is 1.40. The first-order valence-corrected chi connectivity index (χ1v) is 5.16. The molecule has 2 aromatic heterocycles. The van der Waals surface area contributed by atoms with E-state index in [0.717, 1.165) is 0 Å². The minimum atomic E-state index is 0.589. The van der Waals surface area contributed by atoms with Gasteiger partial charge in [-0.15, -0.1) is 0 Å². The Morgan fingerprint density at radius 3 is 3.12 bits per heavy atom. The van der Waals surface area contributed by atoms with E-state index >= 15 is 0 Å². The molecule has 0 radical (unpaired) electrons. The minimum absolute atomic E-state index is 0.589. The van der Waals surface area contributed by atoms with Crippen LogP contribution < -0.4 is 11.1 Å². The third kappa shape index (κ3) is 2.95. The van der Waals surface area contributed by atoms with Crippen LogP contribution in [-0.4, -0.2) is 21.3 Å². The van der Waals surface area contributed by atoms with Gasteiger partial charge in [0.1, 0.15) is 5.82 Å². The summed E-state index contributed by atoms with van der Waals surface area (Å²) in [4.78, 5) is 4.11. The Labute approximate surface area is 98.7 Å². The molecule has 0 unspecified atom stereocenters. The number of aromatic nitrogens is 3. The Kier molecular flexibility index (Phi) is 3.21. The fraction of sp³-hybridized carbons (Fsp3) is 0.182. The van der Waals surface area contributed by atoms with Gasteiger partial charge < -0.3 is 11.1 Å². The van der Waals surface area contributed by atoms with Gasteiger partial charge in [-0.25, -0.2) is 4.98 Å². The molecular weight excluding hydrogens is 216 g/mol. The molecule has 2 heterocycles. The van der Waals surface area contributed by atoms with Crippen molar-refractivity contribution in [3.05, 3.63) is 36.3 Å². The van der Waals surface area contributed by atoms with E-state index in [0.29, 0.717) is 30.2 Å². The van der Waals surface area contributed by atoms with Crippen LogP contribution in [0.3, 0.4) is 0 Å². The van der Waals surface area contributed by atoms with Crippen LogP contribution in [0.4, 0.5) is 11.5 Å². The first-order chi connectivity index (χ1) is 8.28. The molecule has 6 heteroatoms. The van der Waals surface area contributed by atoms with Crippen molar-refractivity contribution in [2.24, 2.45) is 0 Å². The zero-order valence-corrected chi connectivity index (χ0v) is 9.17. The summed E-state index contributed by atoms with van der Waals surface area (Å²) < 4.78 is 1.75. The molecule has 0 spiro atoms. The number of nitrogen functional groups attached to an aromatic ring is 1. The van der Waals surface area contributed by atoms with E-state index in [1.54, 1.807) is 35.4 Å². The molecule has 0 amide bonds. The molecule has 0 saturated heterocycles. The summed E-state index contributed by atoms with van der Waals surface area (Å²) in [7, 11) is 0. The Bertz CT molecular complexity index is 539. The molecule has 0 aliphatic heterocycles. The number of nitrogens with two attached hydrogens (primary N) is 1. The fourth-order valence-corrected chi connectivity index (χ4v) is 1.40. The van der Waals surface area contributed by atoms with E-state index in [1.165, 1.54) is 0 Å². The predicted molar refractivity (Wildman–Crippen MR) is 64.1 cm³/mol. The molecule has 0 saturated carbocycles. The van der Waals surface area contributed by atoms with Gasteiger partial charge in [-0.3, -0.25) is 4.68 Å². The van der Waals surface area contributed by atoms with Gasteiger partial charge in [-0.05, 0) is 12.1 Å². The average molecular weight is 228 g/mol. The van der Waals surface area contributed by atoms with Gasteiger partial charge in [-0.1, -0.05) is 0 Å². The van der Waals surface area contributed by atoms with Crippen LogP contribution in [0.5, 0.6) is 0 Å². The number of anilines is 2. The smallest absolute Gasteiger partial charge is 0.127 e. The third-order valence-electron chi connectivity index (χ3n) is 2.19. The number of rotatable bonds is 4. The third-order valence-corrected chi connectivity index (χ3v) is 2.19. The molecule has 0 aliphatic carbocycles. The Balaban J connectivity index is 1.88. The van der Waals surface area contributed by atoms with Crippen molar-refractivity contribution in [3.63, 3.8) is 0 Å². The lowest BCUT2D eigenvalue weighted by atomic mass is 10.3. The summed E-state index contributed by atoms with van der Waals surface area (Å²) in [5, 5.41) is 15.9. The Morgan fingerprint density at radius 2 is 2.41 bits per heavy atom. The van der Waals surface area contributed by atoms with Gasteiger partial charge in [0.05, 0.1) is 30.1 Å². The van der Waals surface area contributed by atoms with Crippen molar-refractivity contribution in [1.82, 2.24) is 14.8 Å². The van der Waals surface area contributed by atoms with E-state index in [-0.39, 0.29) is 0 Å². The molecule has 0 bridgehead atoms. The topological polar surface area (TPSA) is 92.5 Å². The standard InChI is InChI=1S/C11H12N6/c12-6-9-1-2-14-11(5-9)15-3-4-17-8-10(13)7-16-17/h1-2,5,7-8H,3-4,13H2,(H,14,15). The van der Waals surface area contributed by atoms with Crippen LogP contribution in [0, 0.1) is 11.3 Å². The molecule has 0 aliphatic rings. The molecule has 0 aromatic carbocycles. The van der Waals surface area contributed by atoms with Gasteiger partial charge in [0.25, 0.3) is 0 Å². The van der Waals surface area contributed by atoms with Gasteiger partial charge in [-0.2, -0.15) is 10.4 Å². The van der Waals surface area contributed by atoms with Gasteiger partial charge in [0, 0.05) is 18.9 Å². The summed E-state index contributed by atoms with van der Waals surface area (Å²) in [6.07, 6.45) is 4.97. The SMILES string of the molecule is N#Cc1ccnc(NCCn2cc(N)cn2)c1. The van der Waals surface area contributed by atoms with Crippen LogP contribution in [0.1, 0.15) is 5.56 Å². The number of hydrogen-bond acceptors (Lipinski definition) is 5. The monoisotopic (exact) mass is 228 g/mol. The lowest BCUT2D eigenvalue weighted by Crippen LogP contribution is -2.11. The highest BCUT2D eigenvalue weighted by Gasteiger charge is 1.97. The summed E-state index contributed by atoms with van der Waals surface area (Å²) in [5.41, 5.74) is 6.78. The Morgan fingerprint density at radius 1 is 1.53 bits per heavy atom. The molecule has 3 N–H and O–H groups in total. The molecule has 86 valence electrons. The van der Waals surface area contributed by atoms with Crippen molar-refractivity contribution >= 4 is 11.5 Å². The summed E-state index contributed by atoms with van der Waals surface area (Å²) in [6.45, 7) is 1.36. The maximum Gasteiger partial charge on any atom is 0.127 e. The van der Waals surface area contributed by atoms with E-state index < -0.39 is 0 Å². The summed E-state index contributed by atoms with van der Waals surface area (Å²) in [6, 6.07) is 5.44. The second-order valence-electron chi connectivity index (χ2n) is 3.51. The van der Waals surface area contributed by atoms with E-state index in [9.17, 15) is 0 Å². The largest absolute Gasteiger partial charge is 0.396 e.